The summed E-state index contributed by atoms with van der Waals surface area (Å²) in [5.41, 5.74) is 5.66. The van der Waals surface area contributed by atoms with E-state index in [1.165, 1.54) is 12.1 Å². The van der Waals surface area contributed by atoms with Gasteiger partial charge in [-0.3, -0.25) is 0 Å². The number of carbonyl (C=O) groups is 1. The number of anilines is 1. The van der Waals surface area contributed by atoms with Crippen molar-refractivity contribution >= 4 is 11.7 Å². The third-order valence-corrected chi connectivity index (χ3v) is 2.71. The third kappa shape index (κ3) is 4.03. The quantitative estimate of drug-likeness (QED) is 0.751. The van der Waals surface area contributed by atoms with Gasteiger partial charge in [0.1, 0.15) is 5.82 Å². The fraction of sp³-hybridized carbons (Fsp3) is 0.417. The molecule has 94 valence electrons. The molecule has 4 N–H and O–H groups in total. The largest absolute Gasteiger partial charge is 0.335 e. The first kappa shape index (κ1) is 13.4. The Balaban J connectivity index is 2.53. The second kappa shape index (κ2) is 6.20. The maximum atomic E-state index is 13.2. The molecule has 0 aliphatic carbocycles. The van der Waals surface area contributed by atoms with Crippen LogP contribution >= 0.6 is 0 Å². The summed E-state index contributed by atoms with van der Waals surface area (Å²) in [6, 6.07) is 5.53. The van der Waals surface area contributed by atoms with Crippen molar-refractivity contribution in [1.29, 1.82) is 0 Å². The predicted molar refractivity (Wildman–Crippen MR) is 66.2 cm³/mol. The van der Waals surface area contributed by atoms with E-state index < -0.39 is 11.8 Å². The minimum Gasteiger partial charge on any atom is -0.335 e. The van der Waals surface area contributed by atoms with Crippen molar-refractivity contribution in [2.24, 2.45) is 11.7 Å². The zero-order valence-corrected chi connectivity index (χ0v) is 10.0. The molecule has 0 spiro atoms. The number of amides is 2. The smallest absolute Gasteiger partial charge is 0.319 e. The Kier molecular flexibility index (Phi) is 4.90. The lowest BCUT2D eigenvalue weighted by Crippen LogP contribution is -2.42. The van der Waals surface area contributed by atoms with Crippen molar-refractivity contribution < 1.29 is 9.18 Å². The standard InChI is InChI=1S/C12H18FN3O/c1-8(7-14)9(2)15-12(17)16-11-6-4-3-5-10(11)13/h3-6,8-9H,7,14H2,1-2H3,(H2,15,16,17). The van der Waals surface area contributed by atoms with E-state index in [-0.39, 0.29) is 17.6 Å². The van der Waals surface area contributed by atoms with E-state index in [0.29, 0.717) is 6.54 Å². The van der Waals surface area contributed by atoms with Crippen molar-refractivity contribution in [2.45, 2.75) is 19.9 Å². The molecule has 0 saturated carbocycles. The fourth-order valence-corrected chi connectivity index (χ4v) is 1.27. The summed E-state index contributed by atoms with van der Waals surface area (Å²) in [6.07, 6.45) is 0. The Bertz CT molecular complexity index is 384. The minimum absolute atomic E-state index is 0.0632. The topological polar surface area (TPSA) is 67.1 Å². The van der Waals surface area contributed by atoms with Crippen LogP contribution in [0.2, 0.25) is 0 Å². The normalized spacial score (nSPS) is 13.9. The molecule has 2 amide bonds. The number of nitrogens with two attached hydrogens (primary N) is 1. The molecule has 0 aliphatic rings. The maximum Gasteiger partial charge on any atom is 0.319 e. The highest BCUT2D eigenvalue weighted by atomic mass is 19.1. The van der Waals surface area contributed by atoms with E-state index in [0.717, 1.165) is 0 Å². The monoisotopic (exact) mass is 239 g/mol. The first-order valence-electron chi connectivity index (χ1n) is 5.56. The molecule has 0 aliphatic heterocycles. The molecule has 4 nitrogen and oxygen atoms in total. The Morgan fingerprint density at radius 1 is 1.41 bits per heavy atom. The summed E-state index contributed by atoms with van der Waals surface area (Å²) in [7, 11) is 0. The predicted octanol–water partition coefficient (Wildman–Crippen LogP) is 1.93. The second-order valence-electron chi connectivity index (χ2n) is 4.08. The number of benzene rings is 1. The van der Waals surface area contributed by atoms with Gasteiger partial charge in [-0.15, -0.1) is 0 Å². The second-order valence-corrected chi connectivity index (χ2v) is 4.08. The molecule has 17 heavy (non-hydrogen) atoms. The first-order chi connectivity index (χ1) is 8.04. The van der Waals surface area contributed by atoms with Crippen LogP contribution in [-0.4, -0.2) is 18.6 Å². The molecule has 0 aromatic heterocycles. The molecular formula is C12H18FN3O. The highest BCUT2D eigenvalue weighted by molar-refractivity contribution is 5.89. The van der Waals surface area contributed by atoms with E-state index in [4.69, 9.17) is 5.73 Å². The zero-order chi connectivity index (χ0) is 12.8. The van der Waals surface area contributed by atoms with E-state index in [2.05, 4.69) is 10.6 Å². The lowest BCUT2D eigenvalue weighted by molar-refractivity contribution is 0.245. The van der Waals surface area contributed by atoms with Crippen LogP contribution in [0.5, 0.6) is 0 Å². The number of carbonyl (C=O) groups excluding carboxylic acids is 1. The molecule has 5 heteroatoms. The van der Waals surface area contributed by atoms with Crippen LogP contribution < -0.4 is 16.4 Å². The SMILES string of the molecule is CC(CN)C(C)NC(=O)Nc1ccccc1F. The van der Waals surface area contributed by atoms with Gasteiger partial charge >= 0.3 is 6.03 Å². The Morgan fingerprint density at radius 2 is 2.06 bits per heavy atom. The minimum atomic E-state index is -0.456. The molecule has 2 atom stereocenters. The molecule has 1 rings (SSSR count). The summed E-state index contributed by atoms with van der Waals surface area (Å²) >= 11 is 0. The summed E-state index contributed by atoms with van der Waals surface area (Å²) < 4.78 is 13.2. The van der Waals surface area contributed by atoms with Crippen molar-refractivity contribution in [2.75, 3.05) is 11.9 Å². The highest BCUT2D eigenvalue weighted by Crippen LogP contribution is 2.12. The summed E-state index contributed by atoms with van der Waals surface area (Å²) in [5.74, 6) is -0.288. The first-order valence-corrected chi connectivity index (χ1v) is 5.56. The van der Waals surface area contributed by atoms with Crippen LogP contribution in [0.15, 0.2) is 24.3 Å². The zero-order valence-electron chi connectivity index (χ0n) is 10.0. The summed E-state index contributed by atoms with van der Waals surface area (Å²) in [5, 5.41) is 5.16. The lowest BCUT2D eigenvalue weighted by Gasteiger charge is -2.20. The molecule has 1 aromatic carbocycles. The van der Waals surface area contributed by atoms with Crippen molar-refractivity contribution in [3.05, 3.63) is 30.1 Å². The number of rotatable bonds is 4. The third-order valence-electron chi connectivity index (χ3n) is 2.71. The number of nitrogens with one attached hydrogen (secondary N) is 2. The molecular weight excluding hydrogens is 221 g/mol. The molecule has 1 aromatic rings. The van der Waals surface area contributed by atoms with E-state index in [1.807, 2.05) is 13.8 Å². The number of hydrogen-bond donors (Lipinski definition) is 3. The number of halogens is 1. The van der Waals surface area contributed by atoms with Crippen LogP contribution in [0.3, 0.4) is 0 Å². The highest BCUT2D eigenvalue weighted by Gasteiger charge is 2.13. The van der Waals surface area contributed by atoms with Gasteiger partial charge in [-0.25, -0.2) is 9.18 Å². The summed E-state index contributed by atoms with van der Waals surface area (Å²) in [4.78, 5) is 11.6. The maximum absolute atomic E-state index is 13.2. The van der Waals surface area contributed by atoms with E-state index in [1.54, 1.807) is 12.1 Å². The van der Waals surface area contributed by atoms with Gasteiger partial charge in [-0.2, -0.15) is 0 Å². The molecule has 0 bridgehead atoms. The fourth-order valence-electron chi connectivity index (χ4n) is 1.27. The van der Waals surface area contributed by atoms with Gasteiger partial charge < -0.3 is 16.4 Å². The van der Waals surface area contributed by atoms with Crippen molar-refractivity contribution in [1.82, 2.24) is 5.32 Å². The van der Waals surface area contributed by atoms with Gasteiger partial charge in [0.2, 0.25) is 0 Å². The summed E-state index contributed by atoms with van der Waals surface area (Å²) in [6.45, 7) is 4.29. The van der Waals surface area contributed by atoms with Gasteiger partial charge in [0.25, 0.3) is 0 Å². The molecule has 0 saturated heterocycles. The molecule has 2 unspecified atom stereocenters. The van der Waals surface area contributed by atoms with Crippen LogP contribution in [0.25, 0.3) is 0 Å². The molecule has 0 heterocycles. The van der Waals surface area contributed by atoms with Gasteiger partial charge in [0, 0.05) is 6.04 Å². The van der Waals surface area contributed by atoms with E-state index >= 15 is 0 Å². The van der Waals surface area contributed by atoms with Crippen LogP contribution in [0.1, 0.15) is 13.8 Å². The van der Waals surface area contributed by atoms with Gasteiger partial charge in [0.15, 0.2) is 0 Å². The average Bonchev–Trinajstić information content (AvgIpc) is 2.31. The van der Waals surface area contributed by atoms with Gasteiger partial charge in [-0.05, 0) is 31.5 Å². The molecule has 0 radical (unpaired) electrons. The van der Waals surface area contributed by atoms with Crippen LogP contribution in [0.4, 0.5) is 14.9 Å². The Labute approximate surface area is 100 Å². The molecule has 0 fully saturated rings. The van der Waals surface area contributed by atoms with Crippen LogP contribution in [-0.2, 0) is 0 Å². The Morgan fingerprint density at radius 3 is 2.65 bits per heavy atom. The van der Waals surface area contributed by atoms with E-state index in [9.17, 15) is 9.18 Å². The number of urea groups is 1. The Hall–Kier alpha value is -1.62. The average molecular weight is 239 g/mol. The number of hydrogen-bond acceptors (Lipinski definition) is 2. The van der Waals surface area contributed by atoms with Gasteiger partial charge in [0.05, 0.1) is 5.69 Å². The number of para-hydroxylation sites is 1. The van der Waals surface area contributed by atoms with Gasteiger partial charge in [-0.1, -0.05) is 19.1 Å². The van der Waals surface area contributed by atoms with Crippen molar-refractivity contribution in [3.8, 4) is 0 Å². The van der Waals surface area contributed by atoms with Crippen LogP contribution in [0, 0.1) is 11.7 Å². The van der Waals surface area contributed by atoms with Crippen molar-refractivity contribution in [3.63, 3.8) is 0 Å². The lowest BCUT2D eigenvalue weighted by atomic mass is 10.0.